The number of benzene rings is 2. The predicted octanol–water partition coefficient (Wildman–Crippen LogP) is 8.04. The van der Waals surface area contributed by atoms with Crippen LogP contribution >= 0.6 is 0 Å². The molecule has 39 heavy (non-hydrogen) atoms. The first-order valence-corrected chi connectivity index (χ1v) is 16.7. The summed E-state index contributed by atoms with van der Waals surface area (Å²) < 4.78 is 34.6. The van der Waals surface area contributed by atoms with Gasteiger partial charge >= 0.3 is 10.3 Å². The molecule has 0 saturated heterocycles. The van der Waals surface area contributed by atoms with Crippen molar-refractivity contribution in [3.05, 3.63) is 66.0 Å². The molecule has 1 aromatic heterocycles. The van der Waals surface area contributed by atoms with Gasteiger partial charge in [-0.2, -0.15) is 13.1 Å². The van der Waals surface area contributed by atoms with Crippen LogP contribution in [0.15, 0.2) is 54.6 Å². The Bertz CT molecular complexity index is 1220. The Kier molecular flexibility index (Phi) is 11.9. The van der Waals surface area contributed by atoms with Crippen LogP contribution in [0.2, 0.25) is 0 Å². The van der Waals surface area contributed by atoms with E-state index in [1.54, 1.807) is 0 Å². The number of hydrogen-bond donors (Lipinski definition) is 2. The molecule has 6 nitrogen and oxygen atoms in total. The largest absolute Gasteiger partial charge is 0.333 e. The Morgan fingerprint density at radius 2 is 1.38 bits per heavy atom. The third-order valence-electron chi connectivity index (χ3n) is 8.34. The standard InChI is InChI=1S/C32H47N3O3S/c36-39(37,38)33-25-17-7-5-3-1-2-4-6-8-18-26-35-30-24-16-15-23-29(30)34-32(35)31(27-19-11-9-12-20-27)28-21-13-10-14-22-28/h9,11-12,15-16,19-20,23-24,28,31,33H,1-8,10,13-14,17-18,21-22,25-26H2,(H,36,37,38). The summed E-state index contributed by atoms with van der Waals surface area (Å²) in [5.41, 5.74) is 3.81. The van der Waals surface area contributed by atoms with Gasteiger partial charge in [-0.25, -0.2) is 4.98 Å². The van der Waals surface area contributed by atoms with Crippen LogP contribution in [0.3, 0.4) is 0 Å². The van der Waals surface area contributed by atoms with E-state index in [0.717, 1.165) is 31.3 Å². The third kappa shape index (κ3) is 9.44. The molecule has 2 N–H and O–H groups in total. The molecule has 4 rings (SSSR count). The lowest BCUT2D eigenvalue weighted by Crippen LogP contribution is -2.23. The second-order valence-corrected chi connectivity index (χ2v) is 12.5. The molecule has 1 heterocycles. The SMILES string of the molecule is O=S(=O)(O)NCCCCCCCCCCCCn1c(C(c2ccccc2)C2CCCCC2)nc2ccccc21. The molecule has 0 aliphatic heterocycles. The van der Waals surface area contributed by atoms with E-state index in [1.165, 1.54) is 94.0 Å². The van der Waals surface area contributed by atoms with Gasteiger partial charge in [-0.15, -0.1) is 0 Å². The molecule has 2 aromatic carbocycles. The fourth-order valence-corrected chi connectivity index (χ4v) is 6.74. The number of aromatic nitrogens is 2. The summed E-state index contributed by atoms with van der Waals surface area (Å²) in [5, 5.41) is 0. The maximum atomic E-state index is 10.6. The molecule has 214 valence electrons. The van der Waals surface area contributed by atoms with E-state index in [2.05, 4.69) is 63.9 Å². The van der Waals surface area contributed by atoms with Gasteiger partial charge in [0.25, 0.3) is 0 Å². The molecule has 0 bridgehead atoms. The van der Waals surface area contributed by atoms with Crippen molar-refractivity contribution < 1.29 is 13.0 Å². The van der Waals surface area contributed by atoms with Gasteiger partial charge in [0, 0.05) is 19.0 Å². The zero-order valence-electron chi connectivity index (χ0n) is 23.4. The fourth-order valence-electron chi connectivity index (χ4n) is 6.34. The first-order valence-electron chi connectivity index (χ1n) is 15.2. The zero-order valence-corrected chi connectivity index (χ0v) is 24.3. The summed E-state index contributed by atoms with van der Waals surface area (Å²) in [7, 11) is -4.04. The lowest BCUT2D eigenvalue weighted by Gasteiger charge is -2.31. The van der Waals surface area contributed by atoms with Crippen LogP contribution in [-0.2, 0) is 16.8 Å². The summed E-state index contributed by atoms with van der Waals surface area (Å²) in [6.45, 7) is 1.35. The molecule has 3 aromatic rings. The highest BCUT2D eigenvalue weighted by molar-refractivity contribution is 7.83. The van der Waals surface area contributed by atoms with Gasteiger partial charge in [0.2, 0.25) is 0 Å². The summed E-state index contributed by atoms with van der Waals surface area (Å²) in [6, 6.07) is 19.8. The second-order valence-electron chi connectivity index (χ2n) is 11.3. The number of fused-ring (bicyclic) bond motifs is 1. The fraction of sp³-hybridized carbons (Fsp3) is 0.594. The molecule has 0 amide bonds. The van der Waals surface area contributed by atoms with Gasteiger partial charge in [-0.1, -0.05) is 113 Å². The first-order chi connectivity index (χ1) is 19.0. The van der Waals surface area contributed by atoms with E-state index in [0.29, 0.717) is 18.4 Å². The maximum Gasteiger partial charge on any atom is 0.333 e. The second kappa shape index (κ2) is 15.5. The van der Waals surface area contributed by atoms with Crippen molar-refractivity contribution >= 4 is 21.3 Å². The van der Waals surface area contributed by atoms with Gasteiger partial charge in [0.1, 0.15) is 5.82 Å². The number of para-hydroxylation sites is 2. The van der Waals surface area contributed by atoms with E-state index in [9.17, 15) is 8.42 Å². The van der Waals surface area contributed by atoms with Crippen molar-refractivity contribution in [1.82, 2.24) is 14.3 Å². The van der Waals surface area contributed by atoms with Gasteiger partial charge in [-0.05, 0) is 49.3 Å². The van der Waals surface area contributed by atoms with Gasteiger partial charge in [0.15, 0.2) is 0 Å². The lowest BCUT2D eigenvalue weighted by molar-refractivity contribution is 0.316. The molecular weight excluding hydrogens is 506 g/mol. The van der Waals surface area contributed by atoms with Crippen molar-refractivity contribution in [3.63, 3.8) is 0 Å². The normalized spacial score (nSPS) is 15.6. The summed E-state index contributed by atoms with van der Waals surface area (Å²) >= 11 is 0. The number of imidazole rings is 1. The van der Waals surface area contributed by atoms with Crippen molar-refractivity contribution in [1.29, 1.82) is 0 Å². The Labute approximate surface area is 235 Å². The number of aryl methyl sites for hydroxylation is 1. The smallest absolute Gasteiger partial charge is 0.327 e. The summed E-state index contributed by atoms with van der Waals surface area (Å²) in [6.07, 6.45) is 18.2. The van der Waals surface area contributed by atoms with Crippen molar-refractivity contribution in [3.8, 4) is 0 Å². The topological polar surface area (TPSA) is 84.2 Å². The Balaban J connectivity index is 1.27. The van der Waals surface area contributed by atoms with Crippen LogP contribution < -0.4 is 4.72 Å². The minimum Gasteiger partial charge on any atom is -0.327 e. The molecular formula is C32H47N3O3S. The maximum absolute atomic E-state index is 10.6. The number of nitrogens with zero attached hydrogens (tertiary/aromatic N) is 2. The lowest BCUT2D eigenvalue weighted by atomic mass is 9.76. The minimum atomic E-state index is -4.04. The number of hydrogen-bond acceptors (Lipinski definition) is 3. The zero-order chi connectivity index (χ0) is 27.3. The van der Waals surface area contributed by atoms with E-state index in [4.69, 9.17) is 9.54 Å². The first kappa shape index (κ1) is 29.8. The molecule has 7 heteroatoms. The van der Waals surface area contributed by atoms with E-state index in [1.807, 2.05) is 0 Å². The molecule has 1 saturated carbocycles. The summed E-state index contributed by atoms with van der Waals surface area (Å²) in [4.78, 5) is 5.27. The average molecular weight is 554 g/mol. The molecule has 1 aliphatic rings. The highest BCUT2D eigenvalue weighted by Gasteiger charge is 2.30. The Hall–Kier alpha value is -2.22. The van der Waals surface area contributed by atoms with Crippen LogP contribution in [0.1, 0.15) is 114 Å². The van der Waals surface area contributed by atoms with Crippen LogP contribution in [0, 0.1) is 5.92 Å². The highest BCUT2D eigenvalue weighted by atomic mass is 32.2. The molecule has 0 spiro atoms. The van der Waals surface area contributed by atoms with Crippen molar-refractivity contribution in [2.45, 2.75) is 109 Å². The minimum absolute atomic E-state index is 0.319. The average Bonchev–Trinajstić information content (AvgIpc) is 3.30. The highest BCUT2D eigenvalue weighted by Crippen LogP contribution is 2.41. The molecule has 1 aliphatic carbocycles. The van der Waals surface area contributed by atoms with Crippen molar-refractivity contribution in [2.75, 3.05) is 6.54 Å². The van der Waals surface area contributed by atoms with Crippen LogP contribution in [0.4, 0.5) is 0 Å². The van der Waals surface area contributed by atoms with Crippen molar-refractivity contribution in [2.24, 2.45) is 5.92 Å². The summed E-state index contributed by atoms with van der Waals surface area (Å²) in [5.74, 6) is 2.29. The van der Waals surface area contributed by atoms with Gasteiger partial charge in [0.05, 0.1) is 11.0 Å². The van der Waals surface area contributed by atoms with Crippen LogP contribution in [-0.4, -0.2) is 29.1 Å². The van der Waals surface area contributed by atoms with Crippen LogP contribution in [0.5, 0.6) is 0 Å². The number of nitrogens with one attached hydrogen (secondary N) is 1. The Morgan fingerprint density at radius 3 is 2.05 bits per heavy atom. The molecule has 1 atom stereocenters. The number of unbranched alkanes of at least 4 members (excludes halogenated alkanes) is 9. The molecule has 1 fully saturated rings. The molecule has 1 unspecified atom stereocenters. The van der Waals surface area contributed by atoms with Gasteiger partial charge < -0.3 is 4.57 Å². The van der Waals surface area contributed by atoms with Gasteiger partial charge in [-0.3, -0.25) is 4.55 Å². The van der Waals surface area contributed by atoms with E-state index >= 15 is 0 Å². The third-order valence-corrected chi connectivity index (χ3v) is 8.90. The molecule has 0 radical (unpaired) electrons. The number of rotatable bonds is 17. The quantitative estimate of drug-likeness (QED) is 0.131. The van der Waals surface area contributed by atoms with E-state index in [-0.39, 0.29) is 0 Å². The monoisotopic (exact) mass is 553 g/mol. The predicted molar refractivity (Wildman–Crippen MR) is 160 cm³/mol. The van der Waals surface area contributed by atoms with E-state index < -0.39 is 10.3 Å². The Morgan fingerprint density at radius 1 is 0.795 bits per heavy atom. The van der Waals surface area contributed by atoms with Crippen LogP contribution in [0.25, 0.3) is 11.0 Å².